The number of piperazine rings is 1. The second-order valence-electron chi connectivity index (χ2n) is 6.13. The van der Waals surface area contributed by atoms with Gasteiger partial charge in [0.05, 0.1) is 6.61 Å². The molecule has 1 aromatic carbocycles. The lowest BCUT2D eigenvalue weighted by molar-refractivity contribution is 0.0356. The second kappa shape index (κ2) is 5.14. The van der Waals surface area contributed by atoms with Crippen molar-refractivity contribution >= 4 is 0 Å². The average Bonchev–Trinajstić information content (AvgIpc) is 2.42. The monoisotopic (exact) mass is 260 g/mol. The first-order valence-corrected chi connectivity index (χ1v) is 7.37. The molecule has 2 aliphatic rings. The highest BCUT2D eigenvalue weighted by molar-refractivity contribution is 5.38. The van der Waals surface area contributed by atoms with Gasteiger partial charge in [-0.15, -0.1) is 0 Å². The molecule has 3 rings (SSSR count). The minimum absolute atomic E-state index is 0.490. The second-order valence-corrected chi connectivity index (χ2v) is 6.13. The Hall–Kier alpha value is -1.06. The van der Waals surface area contributed by atoms with Crippen molar-refractivity contribution in [1.29, 1.82) is 0 Å². The van der Waals surface area contributed by atoms with E-state index in [1.165, 1.54) is 5.56 Å². The summed E-state index contributed by atoms with van der Waals surface area (Å²) >= 11 is 0. The molecule has 4 atom stereocenters. The maximum absolute atomic E-state index is 5.88. The highest BCUT2D eigenvalue weighted by Gasteiger charge is 2.36. The van der Waals surface area contributed by atoms with Gasteiger partial charge in [-0.25, -0.2) is 0 Å². The quantitative estimate of drug-likeness (QED) is 0.839. The standard InChI is InChI=1S/C16H24N2O/c1-11-10-19-15-7-5-4-6-14(15)16(11)18-9-12(2)17-8-13(18)3/h4-7,11-13,16-17H,8-10H2,1-3H3. The molecule has 1 N–H and O–H groups in total. The van der Waals surface area contributed by atoms with Gasteiger partial charge in [-0.05, 0) is 19.9 Å². The number of nitrogens with one attached hydrogen (secondary N) is 1. The lowest BCUT2D eigenvalue weighted by atomic mass is 9.88. The zero-order chi connectivity index (χ0) is 13.4. The van der Waals surface area contributed by atoms with Crippen LogP contribution in [-0.2, 0) is 0 Å². The first kappa shape index (κ1) is 12.9. The van der Waals surface area contributed by atoms with Crippen molar-refractivity contribution in [1.82, 2.24) is 10.2 Å². The minimum Gasteiger partial charge on any atom is -0.493 e. The number of benzene rings is 1. The van der Waals surface area contributed by atoms with Crippen LogP contribution in [0.25, 0.3) is 0 Å². The molecule has 1 aromatic rings. The zero-order valence-electron chi connectivity index (χ0n) is 12.1. The molecule has 0 saturated carbocycles. The molecule has 4 unspecified atom stereocenters. The third-order valence-electron chi connectivity index (χ3n) is 4.45. The SMILES string of the molecule is CC1CN(C2c3ccccc3OCC2C)C(C)CN1. The number of rotatable bonds is 1. The zero-order valence-corrected chi connectivity index (χ0v) is 12.1. The summed E-state index contributed by atoms with van der Waals surface area (Å²) in [5, 5.41) is 3.57. The Morgan fingerprint density at radius 3 is 2.84 bits per heavy atom. The van der Waals surface area contributed by atoms with Gasteiger partial charge in [0, 0.05) is 42.7 Å². The Morgan fingerprint density at radius 2 is 2.00 bits per heavy atom. The smallest absolute Gasteiger partial charge is 0.124 e. The van der Waals surface area contributed by atoms with Crippen LogP contribution in [0.3, 0.4) is 0 Å². The number of hydrogen-bond acceptors (Lipinski definition) is 3. The van der Waals surface area contributed by atoms with Crippen molar-refractivity contribution in [3.8, 4) is 5.75 Å². The van der Waals surface area contributed by atoms with Gasteiger partial charge < -0.3 is 10.1 Å². The van der Waals surface area contributed by atoms with Crippen molar-refractivity contribution in [2.45, 2.75) is 38.9 Å². The van der Waals surface area contributed by atoms with Crippen LogP contribution in [0.1, 0.15) is 32.4 Å². The molecule has 19 heavy (non-hydrogen) atoms. The van der Waals surface area contributed by atoms with Gasteiger partial charge in [-0.2, -0.15) is 0 Å². The van der Waals surface area contributed by atoms with Gasteiger partial charge in [0.15, 0.2) is 0 Å². The molecule has 0 amide bonds. The Kier molecular flexibility index (Phi) is 3.50. The van der Waals surface area contributed by atoms with E-state index in [0.29, 0.717) is 24.0 Å². The van der Waals surface area contributed by atoms with E-state index in [1.807, 2.05) is 0 Å². The molecule has 2 heterocycles. The first-order chi connectivity index (χ1) is 9.16. The summed E-state index contributed by atoms with van der Waals surface area (Å²) < 4.78 is 5.88. The summed E-state index contributed by atoms with van der Waals surface area (Å²) in [5.74, 6) is 1.62. The van der Waals surface area contributed by atoms with E-state index < -0.39 is 0 Å². The molecule has 3 heteroatoms. The maximum atomic E-state index is 5.88. The van der Waals surface area contributed by atoms with Crippen LogP contribution in [0, 0.1) is 5.92 Å². The predicted octanol–water partition coefficient (Wildman–Crippen LogP) is 2.44. The Bertz CT molecular complexity index is 448. The number of hydrogen-bond donors (Lipinski definition) is 1. The van der Waals surface area contributed by atoms with Crippen molar-refractivity contribution in [3.05, 3.63) is 29.8 Å². The minimum atomic E-state index is 0.490. The first-order valence-electron chi connectivity index (χ1n) is 7.37. The third kappa shape index (κ3) is 2.37. The van der Waals surface area contributed by atoms with Gasteiger partial charge in [0.2, 0.25) is 0 Å². The van der Waals surface area contributed by atoms with E-state index >= 15 is 0 Å². The van der Waals surface area contributed by atoms with Gasteiger partial charge in [-0.3, -0.25) is 4.90 Å². The average molecular weight is 260 g/mol. The summed E-state index contributed by atoms with van der Waals surface area (Å²) in [6.45, 7) is 9.92. The Balaban J connectivity index is 1.94. The fourth-order valence-corrected chi connectivity index (χ4v) is 3.42. The summed E-state index contributed by atoms with van der Waals surface area (Å²) in [6, 6.07) is 10.2. The van der Waals surface area contributed by atoms with Crippen LogP contribution in [0.15, 0.2) is 24.3 Å². The molecule has 0 bridgehead atoms. The fourth-order valence-electron chi connectivity index (χ4n) is 3.42. The predicted molar refractivity (Wildman–Crippen MR) is 77.5 cm³/mol. The highest BCUT2D eigenvalue weighted by atomic mass is 16.5. The molecule has 0 radical (unpaired) electrons. The maximum Gasteiger partial charge on any atom is 0.124 e. The summed E-state index contributed by atoms with van der Waals surface area (Å²) in [5.41, 5.74) is 1.36. The molecule has 1 fully saturated rings. The largest absolute Gasteiger partial charge is 0.493 e. The lowest BCUT2D eigenvalue weighted by Gasteiger charge is -2.46. The molecule has 104 valence electrons. The van der Waals surface area contributed by atoms with Crippen LogP contribution in [0.5, 0.6) is 5.75 Å². The highest BCUT2D eigenvalue weighted by Crippen LogP contribution is 2.40. The fraction of sp³-hybridized carbons (Fsp3) is 0.625. The van der Waals surface area contributed by atoms with Crippen molar-refractivity contribution in [3.63, 3.8) is 0 Å². The normalized spacial score (nSPS) is 35.5. The van der Waals surface area contributed by atoms with Gasteiger partial charge in [-0.1, -0.05) is 25.1 Å². The van der Waals surface area contributed by atoms with Gasteiger partial charge in [0.25, 0.3) is 0 Å². The summed E-state index contributed by atoms with van der Waals surface area (Å²) in [6.07, 6.45) is 0. The number of para-hydroxylation sites is 1. The molecule has 1 saturated heterocycles. The van der Waals surface area contributed by atoms with E-state index in [2.05, 4.69) is 55.3 Å². The molecule has 0 spiro atoms. The Morgan fingerprint density at radius 1 is 1.21 bits per heavy atom. The van der Waals surface area contributed by atoms with Crippen molar-refractivity contribution in [2.75, 3.05) is 19.7 Å². The summed E-state index contributed by atoms with van der Waals surface area (Å²) in [7, 11) is 0. The van der Waals surface area contributed by atoms with Crippen molar-refractivity contribution in [2.24, 2.45) is 5.92 Å². The van der Waals surface area contributed by atoms with Crippen LogP contribution in [0.2, 0.25) is 0 Å². The molecule has 0 aliphatic carbocycles. The lowest BCUT2D eigenvalue weighted by Crippen LogP contribution is -2.56. The van der Waals surface area contributed by atoms with E-state index in [0.717, 1.165) is 25.4 Å². The Labute approximate surface area is 115 Å². The molecule has 3 nitrogen and oxygen atoms in total. The molecular formula is C16H24N2O. The van der Waals surface area contributed by atoms with E-state index in [1.54, 1.807) is 0 Å². The van der Waals surface area contributed by atoms with E-state index in [9.17, 15) is 0 Å². The number of fused-ring (bicyclic) bond motifs is 1. The summed E-state index contributed by atoms with van der Waals surface area (Å²) in [4.78, 5) is 2.66. The molecular weight excluding hydrogens is 236 g/mol. The van der Waals surface area contributed by atoms with Crippen LogP contribution in [-0.4, -0.2) is 36.7 Å². The van der Waals surface area contributed by atoms with E-state index in [4.69, 9.17) is 4.74 Å². The topological polar surface area (TPSA) is 24.5 Å². The van der Waals surface area contributed by atoms with Gasteiger partial charge in [0.1, 0.15) is 5.75 Å². The van der Waals surface area contributed by atoms with E-state index in [-0.39, 0.29) is 0 Å². The van der Waals surface area contributed by atoms with Crippen molar-refractivity contribution < 1.29 is 4.74 Å². The number of nitrogens with zero attached hydrogens (tertiary/aromatic N) is 1. The van der Waals surface area contributed by atoms with Gasteiger partial charge >= 0.3 is 0 Å². The van der Waals surface area contributed by atoms with Crippen LogP contribution < -0.4 is 10.1 Å². The molecule has 0 aromatic heterocycles. The van der Waals surface area contributed by atoms with Crippen LogP contribution in [0.4, 0.5) is 0 Å². The van der Waals surface area contributed by atoms with Crippen LogP contribution >= 0.6 is 0 Å². The third-order valence-corrected chi connectivity index (χ3v) is 4.45. The number of ether oxygens (including phenoxy) is 1. The molecule has 2 aliphatic heterocycles.